The van der Waals surface area contributed by atoms with Crippen LogP contribution in [-0.4, -0.2) is 52.8 Å². The van der Waals surface area contributed by atoms with E-state index in [0.717, 1.165) is 44.9 Å². The average Bonchev–Trinajstić information content (AvgIpc) is 3.33. The molecule has 1 aromatic heterocycles. The molecule has 9 nitrogen and oxygen atoms in total. The van der Waals surface area contributed by atoms with E-state index in [1.807, 2.05) is 44.4 Å². The van der Waals surface area contributed by atoms with E-state index in [2.05, 4.69) is 5.32 Å². The Balaban J connectivity index is 1.53. The van der Waals surface area contributed by atoms with Crippen molar-refractivity contribution in [1.82, 2.24) is 9.47 Å². The fraction of sp³-hybridized carbons (Fsp3) is 0.241. The van der Waals surface area contributed by atoms with E-state index in [-0.39, 0.29) is 4.91 Å². The van der Waals surface area contributed by atoms with Gasteiger partial charge in [-0.2, -0.15) is 0 Å². The first-order valence-electron chi connectivity index (χ1n) is 12.3. The molecule has 0 atom stereocenters. The smallest absolute Gasteiger partial charge is 0.338 e. The summed E-state index contributed by atoms with van der Waals surface area (Å²) in [4.78, 5) is 51.6. The molecule has 1 aliphatic heterocycles. The maximum atomic E-state index is 13.1. The van der Waals surface area contributed by atoms with Crippen molar-refractivity contribution in [1.29, 1.82) is 0 Å². The van der Waals surface area contributed by atoms with E-state index in [1.54, 1.807) is 42.5 Å². The minimum absolute atomic E-state index is 0.231. The van der Waals surface area contributed by atoms with Crippen molar-refractivity contribution in [3.05, 3.63) is 81.5 Å². The number of carbonyl (C=O) groups excluding carboxylic acids is 4. The Morgan fingerprint density at radius 1 is 1.05 bits per heavy atom. The van der Waals surface area contributed by atoms with Gasteiger partial charge in [-0.3, -0.25) is 19.3 Å². The van der Waals surface area contributed by atoms with Crippen LogP contribution in [0.3, 0.4) is 0 Å². The predicted molar refractivity (Wildman–Crippen MR) is 150 cm³/mol. The number of rotatable bonds is 8. The first-order chi connectivity index (χ1) is 18.6. The minimum Gasteiger partial charge on any atom is -0.494 e. The third kappa shape index (κ3) is 5.75. The molecule has 10 heteroatoms. The number of thioether (sulfide) groups is 1. The predicted octanol–water partition coefficient (Wildman–Crippen LogP) is 5.26. The molecule has 1 aliphatic rings. The number of nitrogens with one attached hydrogen (secondary N) is 1. The van der Waals surface area contributed by atoms with E-state index in [1.165, 1.54) is 7.11 Å². The van der Waals surface area contributed by atoms with Gasteiger partial charge in [0, 0.05) is 22.8 Å². The first kappa shape index (κ1) is 27.7. The molecule has 1 saturated heterocycles. The van der Waals surface area contributed by atoms with Gasteiger partial charge in [-0.25, -0.2) is 4.79 Å². The average molecular weight is 548 g/mol. The number of amides is 3. The van der Waals surface area contributed by atoms with Crippen LogP contribution in [0.5, 0.6) is 5.75 Å². The number of hydrogen-bond donors (Lipinski definition) is 1. The van der Waals surface area contributed by atoms with Crippen LogP contribution in [0.15, 0.2) is 53.4 Å². The fourth-order valence-corrected chi connectivity index (χ4v) is 5.25. The Hall–Kier alpha value is -4.31. The second kappa shape index (κ2) is 11.6. The molecule has 0 bridgehead atoms. The highest BCUT2D eigenvalue weighted by molar-refractivity contribution is 8.18. The summed E-state index contributed by atoms with van der Waals surface area (Å²) in [7, 11) is 1.34. The molecule has 0 unspecified atom stereocenters. The van der Waals surface area contributed by atoms with Gasteiger partial charge in [-0.1, -0.05) is 6.07 Å². The van der Waals surface area contributed by atoms with Gasteiger partial charge in [0.15, 0.2) is 0 Å². The zero-order chi connectivity index (χ0) is 28.3. The van der Waals surface area contributed by atoms with Crippen LogP contribution in [0.25, 0.3) is 11.8 Å². The number of anilines is 1. The zero-order valence-electron chi connectivity index (χ0n) is 22.4. The number of hydrogen-bond acceptors (Lipinski definition) is 7. The quantitative estimate of drug-likeness (QED) is 0.303. The molecule has 0 saturated carbocycles. The molecular formula is C29H29N3O6S. The molecule has 4 rings (SSSR count). The maximum absolute atomic E-state index is 13.1. The highest BCUT2D eigenvalue weighted by Gasteiger charge is 2.36. The summed E-state index contributed by atoms with van der Waals surface area (Å²) < 4.78 is 12.3. The van der Waals surface area contributed by atoms with Gasteiger partial charge in [0.05, 0.1) is 24.2 Å². The van der Waals surface area contributed by atoms with E-state index in [0.29, 0.717) is 23.6 Å². The number of nitrogens with zero attached hydrogens (tertiary/aromatic N) is 2. The van der Waals surface area contributed by atoms with Crippen LogP contribution in [0, 0.1) is 20.8 Å². The lowest BCUT2D eigenvalue weighted by atomic mass is 10.1. The summed E-state index contributed by atoms with van der Waals surface area (Å²) in [6.07, 6.45) is 1.66. The SMILES string of the molecule is CCOc1ccc(NC(=O)CN2C(=O)S/C(=C/c3cc(C)n(-c4cccc(C(=O)OC)c4C)c3C)C2=O)cc1. The fourth-order valence-electron chi connectivity index (χ4n) is 4.42. The number of aryl methyl sites for hydroxylation is 1. The second-order valence-corrected chi connectivity index (χ2v) is 9.87. The number of ether oxygens (including phenoxy) is 2. The largest absolute Gasteiger partial charge is 0.494 e. The van der Waals surface area contributed by atoms with Crippen LogP contribution < -0.4 is 10.1 Å². The number of imide groups is 1. The lowest BCUT2D eigenvalue weighted by Crippen LogP contribution is -2.36. The Morgan fingerprint density at radius 3 is 2.44 bits per heavy atom. The van der Waals surface area contributed by atoms with Crippen molar-refractivity contribution >= 4 is 46.5 Å². The molecule has 0 spiro atoms. The molecule has 1 N–H and O–H groups in total. The number of methoxy groups -OCH3 is 1. The summed E-state index contributed by atoms with van der Waals surface area (Å²) in [5, 5.41) is 2.19. The van der Waals surface area contributed by atoms with Crippen LogP contribution >= 0.6 is 11.8 Å². The molecule has 0 radical (unpaired) electrons. The third-order valence-corrected chi connectivity index (χ3v) is 7.24. The van der Waals surface area contributed by atoms with Crippen molar-refractivity contribution in [3.8, 4) is 11.4 Å². The Bertz CT molecular complexity index is 1490. The molecule has 3 aromatic rings. The van der Waals surface area contributed by atoms with Gasteiger partial charge >= 0.3 is 5.97 Å². The Morgan fingerprint density at radius 2 is 1.77 bits per heavy atom. The maximum Gasteiger partial charge on any atom is 0.338 e. The molecule has 0 aliphatic carbocycles. The van der Waals surface area contributed by atoms with Crippen LogP contribution in [0.2, 0.25) is 0 Å². The lowest BCUT2D eigenvalue weighted by Gasteiger charge is -2.15. The molecular weight excluding hydrogens is 518 g/mol. The zero-order valence-corrected chi connectivity index (χ0v) is 23.2. The molecule has 2 aromatic carbocycles. The normalized spacial score (nSPS) is 14.2. The van der Waals surface area contributed by atoms with Crippen LogP contribution in [0.1, 0.15) is 39.8 Å². The first-order valence-corrected chi connectivity index (χ1v) is 13.1. The monoisotopic (exact) mass is 547 g/mol. The standard InChI is InChI=1S/C29H29N3O6S/c1-6-38-22-12-10-21(11-13-22)30-26(33)16-31-27(34)25(39-29(31)36)15-20-14-17(2)32(19(20)4)24-9-7-8-23(18(24)3)28(35)37-5/h7-15H,6,16H2,1-5H3,(H,30,33)/b25-15+. The summed E-state index contributed by atoms with van der Waals surface area (Å²) in [6, 6.07) is 14.1. The van der Waals surface area contributed by atoms with Crippen molar-refractivity contribution in [2.45, 2.75) is 27.7 Å². The molecule has 39 heavy (non-hydrogen) atoms. The van der Waals surface area contributed by atoms with Crippen LogP contribution in [0.4, 0.5) is 10.5 Å². The third-order valence-electron chi connectivity index (χ3n) is 6.33. The number of aromatic nitrogens is 1. The van der Waals surface area contributed by atoms with E-state index >= 15 is 0 Å². The summed E-state index contributed by atoms with van der Waals surface area (Å²) in [5.41, 5.74) is 5.04. The summed E-state index contributed by atoms with van der Waals surface area (Å²) in [6.45, 7) is 7.69. The summed E-state index contributed by atoms with van der Waals surface area (Å²) >= 11 is 0.796. The number of esters is 1. The van der Waals surface area contributed by atoms with Gasteiger partial charge in [-0.05, 0) is 99.1 Å². The molecule has 1 fully saturated rings. The van der Waals surface area contributed by atoms with Gasteiger partial charge in [0.1, 0.15) is 12.3 Å². The molecule has 2 heterocycles. The van der Waals surface area contributed by atoms with Gasteiger partial charge in [0.2, 0.25) is 5.91 Å². The Labute approximate surface area is 230 Å². The van der Waals surface area contributed by atoms with Gasteiger partial charge in [0.25, 0.3) is 11.1 Å². The topological polar surface area (TPSA) is 107 Å². The van der Waals surface area contributed by atoms with E-state index in [9.17, 15) is 19.2 Å². The number of carbonyl (C=O) groups is 4. The Kier molecular flexibility index (Phi) is 8.25. The van der Waals surface area contributed by atoms with Crippen molar-refractivity contribution in [2.24, 2.45) is 0 Å². The lowest BCUT2D eigenvalue weighted by molar-refractivity contribution is -0.127. The van der Waals surface area contributed by atoms with Gasteiger partial charge in [-0.15, -0.1) is 0 Å². The molecule has 3 amide bonds. The van der Waals surface area contributed by atoms with E-state index in [4.69, 9.17) is 9.47 Å². The highest BCUT2D eigenvalue weighted by atomic mass is 32.2. The van der Waals surface area contributed by atoms with Gasteiger partial charge < -0.3 is 19.4 Å². The highest BCUT2D eigenvalue weighted by Crippen LogP contribution is 2.34. The summed E-state index contributed by atoms with van der Waals surface area (Å²) in [5.74, 6) is -0.753. The van der Waals surface area contributed by atoms with Crippen molar-refractivity contribution in [3.63, 3.8) is 0 Å². The number of benzene rings is 2. The second-order valence-electron chi connectivity index (χ2n) is 8.88. The molecule has 202 valence electrons. The minimum atomic E-state index is -0.527. The van der Waals surface area contributed by atoms with Crippen molar-refractivity contribution < 1.29 is 28.7 Å². The van der Waals surface area contributed by atoms with Crippen LogP contribution in [-0.2, 0) is 14.3 Å². The van der Waals surface area contributed by atoms with E-state index < -0.39 is 29.6 Å². The van der Waals surface area contributed by atoms with Crippen molar-refractivity contribution in [2.75, 3.05) is 25.6 Å².